The third kappa shape index (κ3) is 2.31. The van der Waals surface area contributed by atoms with Gasteiger partial charge in [0, 0.05) is 59.9 Å². The highest BCUT2D eigenvalue weighted by molar-refractivity contribution is 6.10. The molecule has 3 unspecified atom stereocenters. The number of aromatic amines is 3. The van der Waals surface area contributed by atoms with Gasteiger partial charge in [0.15, 0.2) is 0 Å². The topological polar surface area (TPSA) is 122 Å². The lowest BCUT2D eigenvalue weighted by molar-refractivity contribution is 0.0803. The van der Waals surface area contributed by atoms with Crippen molar-refractivity contribution >= 4 is 23.4 Å². The number of allylic oxidation sites excluding steroid dienone is 4. The molecule has 4 aliphatic carbocycles. The number of aryl methyl sites for hydroxylation is 2. The van der Waals surface area contributed by atoms with Crippen molar-refractivity contribution in [1.82, 2.24) is 24.8 Å². The first kappa shape index (κ1) is 21.5. The van der Waals surface area contributed by atoms with E-state index < -0.39 is 0 Å². The molecule has 5 heterocycles. The summed E-state index contributed by atoms with van der Waals surface area (Å²) in [6.07, 6.45) is 8.83. The van der Waals surface area contributed by atoms with E-state index in [2.05, 4.69) is 15.0 Å². The van der Waals surface area contributed by atoms with Gasteiger partial charge in [0.05, 0.1) is 11.4 Å². The van der Waals surface area contributed by atoms with Crippen LogP contribution in [0.15, 0.2) is 48.1 Å². The molecular formula is C30H25N5O4. The quantitative estimate of drug-likeness (QED) is 0.481. The predicted molar refractivity (Wildman–Crippen MR) is 138 cm³/mol. The van der Waals surface area contributed by atoms with Gasteiger partial charge in [0.25, 0.3) is 11.8 Å². The van der Waals surface area contributed by atoms with Crippen molar-refractivity contribution in [3.63, 3.8) is 0 Å². The number of aromatic nitrogens is 3. The number of carbonyl (C=O) groups excluding carboxylic acids is 4. The highest BCUT2D eigenvalue weighted by atomic mass is 16.2. The summed E-state index contributed by atoms with van der Waals surface area (Å²) in [7, 11) is 0. The lowest BCUT2D eigenvalue weighted by Crippen LogP contribution is -2.35. The zero-order valence-corrected chi connectivity index (χ0v) is 21.5. The van der Waals surface area contributed by atoms with Gasteiger partial charge in [-0.25, -0.2) is 0 Å². The standard InChI is InChI=1S/C30H25N5O4/c1-13-9-31-25-19(36)5-21-29(23(13)25)7-15(29)11-34(21)27(38)17-3-4-18(33-17)28(39)35-12-16-8-30(16)22(35)6-20(37)26-24(30)14(2)10-32-26/h3-6,9-10,15-16,31-33H,7-8,11-12H2,1-2H3/t15-,16?,29?,30?/m1/s1. The fourth-order valence-electron chi connectivity index (χ4n) is 8.42. The molecule has 9 nitrogen and oxygen atoms in total. The molecule has 4 atom stereocenters. The average Bonchev–Trinajstić information content (AvgIpc) is 3.36. The van der Waals surface area contributed by atoms with E-state index in [0.717, 1.165) is 46.5 Å². The van der Waals surface area contributed by atoms with Crippen LogP contribution in [-0.4, -0.2) is 61.2 Å². The summed E-state index contributed by atoms with van der Waals surface area (Å²) in [5.74, 6) is -0.119. The van der Waals surface area contributed by atoms with Crippen LogP contribution in [0.4, 0.5) is 0 Å². The van der Waals surface area contributed by atoms with Crippen molar-refractivity contribution < 1.29 is 19.2 Å². The molecule has 9 rings (SSSR count). The number of likely N-dealkylation sites (tertiary alicyclic amines) is 2. The molecule has 2 amide bonds. The van der Waals surface area contributed by atoms with Crippen LogP contribution in [0.2, 0.25) is 0 Å². The Morgan fingerprint density at radius 2 is 1.21 bits per heavy atom. The zero-order chi connectivity index (χ0) is 26.6. The molecule has 3 aromatic rings. The van der Waals surface area contributed by atoms with Crippen LogP contribution in [0.25, 0.3) is 0 Å². The Balaban J connectivity index is 1.01. The van der Waals surface area contributed by atoms with Gasteiger partial charge in [-0.05, 0) is 72.9 Å². The van der Waals surface area contributed by atoms with Gasteiger partial charge in [-0.2, -0.15) is 0 Å². The highest BCUT2D eigenvalue weighted by Gasteiger charge is 2.69. The normalized spacial score (nSPS) is 30.6. The summed E-state index contributed by atoms with van der Waals surface area (Å²) in [6.45, 7) is 5.11. The van der Waals surface area contributed by atoms with Gasteiger partial charge in [0.1, 0.15) is 11.4 Å². The molecule has 2 aliphatic heterocycles. The number of fused-ring (bicyclic) bond motifs is 2. The van der Waals surface area contributed by atoms with Crippen molar-refractivity contribution in [3.8, 4) is 0 Å². The van der Waals surface area contributed by atoms with Crippen LogP contribution in [0.1, 0.15) is 77.0 Å². The molecule has 39 heavy (non-hydrogen) atoms. The van der Waals surface area contributed by atoms with Gasteiger partial charge >= 0.3 is 0 Å². The van der Waals surface area contributed by atoms with Gasteiger partial charge in [-0.3, -0.25) is 19.2 Å². The minimum Gasteiger partial charge on any atom is -0.358 e. The van der Waals surface area contributed by atoms with E-state index >= 15 is 0 Å². The summed E-state index contributed by atoms with van der Waals surface area (Å²) in [4.78, 5) is 65.8. The molecule has 2 spiro atoms. The van der Waals surface area contributed by atoms with E-state index in [-0.39, 0.29) is 46.0 Å². The first-order valence-electron chi connectivity index (χ1n) is 13.5. The molecule has 2 saturated heterocycles. The number of rotatable bonds is 2. The smallest absolute Gasteiger partial charge is 0.274 e. The summed E-state index contributed by atoms with van der Waals surface area (Å²) >= 11 is 0. The summed E-state index contributed by atoms with van der Waals surface area (Å²) < 4.78 is 0. The van der Waals surface area contributed by atoms with E-state index in [9.17, 15) is 19.2 Å². The number of nitrogens with one attached hydrogen (secondary N) is 3. The Kier molecular flexibility index (Phi) is 3.54. The second kappa shape index (κ2) is 6.42. The van der Waals surface area contributed by atoms with Crippen LogP contribution in [-0.2, 0) is 10.8 Å². The number of amides is 2. The van der Waals surface area contributed by atoms with Gasteiger partial charge < -0.3 is 24.8 Å². The Bertz CT molecular complexity index is 1690. The lowest BCUT2D eigenvalue weighted by Gasteiger charge is -2.28. The maximum absolute atomic E-state index is 13.7. The number of hydrogen-bond donors (Lipinski definition) is 3. The molecule has 3 aromatic heterocycles. The Labute approximate surface area is 222 Å². The molecule has 9 heteroatoms. The minimum atomic E-state index is -0.270. The molecule has 3 N–H and O–H groups in total. The SMILES string of the molecule is Cc1c[nH]c2c1C13CC1CN(C(=O)c1ccc(C(=O)N4C[C@H]5CC56C4=CC(=O)c4[nH]cc(C)c46)[nH]1)C3=CC2=O. The largest absolute Gasteiger partial charge is 0.358 e. The number of hydrogen-bond acceptors (Lipinski definition) is 4. The number of carbonyl (C=O) groups is 4. The van der Waals surface area contributed by atoms with E-state index in [1.165, 1.54) is 0 Å². The number of H-pyrrole nitrogens is 3. The highest BCUT2D eigenvalue weighted by Crippen LogP contribution is 2.68. The molecule has 0 aromatic carbocycles. The van der Waals surface area contributed by atoms with Crippen molar-refractivity contribution in [2.24, 2.45) is 11.8 Å². The molecule has 194 valence electrons. The van der Waals surface area contributed by atoms with Gasteiger partial charge in [-0.15, -0.1) is 0 Å². The van der Waals surface area contributed by atoms with Crippen molar-refractivity contribution in [3.05, 3.63) is 93.1 Å². The van der Waals surface area contributed by atoms with Crippen LogP contribution >= 0.6 is 0 Å². The number of nitrogens with zero attached hydrogens (tertiary/aromatic N) is 2. The first-order valence-corrected chi connectivity index (χ1v) is 13.5. The fraction of sp³-hybridized carbons (Fsp3) is 0.333. The lowest BCUT2D eigenvalue weighted by atomic mass is 9.83. The molecule has 6 aliphatic rings. The third-order valence-corrected chi connectivity index (χ3v) is 10.2. The molecule has 2 saturated carbocycles. The molecular weight excluding hydrogens is 494 g/mol. The van der Waals surface area contributed by atoms with Crippen molar-refractivity contribution in [1.29, 1.82) is 0 Å². The van der Waals surface area contributed by atoms with E-state index in [1.807, 2.05) is 26.2 Å². The average molecular weight is 520 g/mol. The summed E-state index contributed by atoms with van der Waals surface area (Å²) in [5, 5.41) is 0. The fourth-order valence-corrected chi connectivity index (χ4v) is 8.42. The van der Waals surface area contributed by atoms with Crippen LogP contribution in [0, 0.1) is 25.7 Å². The molecule has 0 bridgehead atoms. The summed E-state index contributed by atoms with van der Waals surface area (Å²) in [5.41, 5.74) is 7.07. The minimum absolute atomic E-state index is 0.107. The number of piperidine rings is 2. The second-order valence-electron chi connectivity index (χ2n) is 12.1. The van der Waals surface area contributed by atoms with E-state index in [1.54, 1.807) is 34.1 Å². The van der Waals surface area contributed by atoms with Crippen LogP contribution in [0.5, 0.6) is 0 Å². The maximum atomic E-state index is 13.7. The van der Waals surface area contributed by atoms with E-state index in [4.69, 9.17) is 0 Å². The van der Waals surface area contributed by atoms with Gasteiger partial charge in [0.2, 0.25) is 11.6 Å². The second-order valence-corrected chi connectivity index (χ2v) is 12.1. The zero-order valence-electron chi connectivity index (χ0n) is 21.5. The molecule has 0 radical (unpaired) electrons. The predicted octanol–water partition coefficient (Wildman–Crippen LogP) is 3.28. The van der Waals surface area contributed by atoms with Crippen LogP contribution in [0.3, 0.4) is 0 Å². The Hall–Kier alpha value is -4.40. The van der Waals surface area contributed by atoms with Crippen molar-refractivity contribution in [2.75, 3.05) is 13.1 Å². The summed E-state index contributed by atoms with van der Waals surface area (Å²) in [6, 6.07) is 3.29. The van der Waals surface area contributed by atoms with Gasteiger partial charge in [-0.1, -0.05) is 0 Å². The monoisotopic (exact) mass is 519 g/mol. The Morgan fingerprint density at radius 1 is 0.769 bits per heavy atom. The Morgan fingerprint density at radius 3 is 1.64 bits per heavy atom. The third-order valence-electron chi connectivity index (χ3n) is 10.2. The first-order chi connectivity index (χ1) is 18.8. The van der Waals surface area contributed by atoms with E-state index in [0.29, 0.717) is 35.9 Å². The number of ketones is 2. The molecule has 4 fully saturated rings. The maximum Gasteiger partial charge on any atom is 0.274 e. The van der Waals surface area contributed by atoms with Crippen molar-refractivity contribution in [2.45, 2.75) is 37.5 Å². The van der Waals surface area contributed by atoms with Crippen LogP contribution < -0.4 is 0 Å².